The summed E-state index contributed by atoms with van der Waals surface area (Å²) < 4.78 is 5.90. The molecule has 0 radical (unpaired) electrons. The smallest absolute Gasteiger partial charge is 0.0475 e. The van der Waals surface area contributed by atoms with Crippen molar-refractivity contribution in [3.63, 3.8) is 0 Å². The zero-order chi connectivity index (χ0) is 19.2. The fourth-order valence-corrected chi connectivity index (χ4v) is 4.77. The average molecular weight is 399 g/mol. The van der Waals surface area contributed by atoms with Gasteiger partial charge in [0, 0.05) is 47.5 Å². The maximum atomic E-state index is 6.02. The minimum Gasteiger partial charge on any atom is -0.381 e. The van der Waals surface area contributed by atoms with Gasteiger partial charge in [-0.2, -0.15) is 0 Å². The van der Waals surface area contributed by atoms with Gasteiger partial charge in [-0.25, -0.2) is 0 Å². The minimum absolute atomic E-state index is 0.128. The molecule has 2 heterocycles. The summed E-state index contributed by atoms with van der Waals surface area (Å²) in [5, 5.41) is 4.63. The van der Waals surface area contributed by atoms with E-state index in [1.807, 2.05) is 24.4 Å². The number of ether oxygens (including phenoxy) is 1. The van der Waals surface area contributed by atoms with Crippen molar-refractivity contribution in [3.05, 3.63) is 64.9 Å². The van der Waals surface area contributed by atoms with Crippen LogP contribution >= 0.6 is 11.6 Å². The van der Waals surface area contributed by atoms with E-state index in [1.165, 1.54) is 43.4 Å². The van der Waals surface area contributed by atoms with E-state index >= 15 is 0 Å². The van der Waals surface area contributed by atoms with Gasteiger partial charge in [0.25, 0.3) is 0 Å². The van der Waals surface area contributed by atoms with E-state index < -0.39 is 0 Å². The molecule has 1 saturated heterocycles. The van der Waals surface area contributed by atoms with Crippen molar-refractivity contribution in [3.8, 4) is 0 Å². The number of aromatic nitrogens is 1. The Kier molecular flexibility index (Phi) is 6.66. The molecule has 4 heteroatoms. The molecule has 1 aliphatic heterocycles. The van der Waals surface area contributed by atoms with Gasteiger partial charge < -0.3 is 10.1 Å². The Morgan fingerprint density at radius 2 is 1.93 bits per heavy atom. The van der Waals surface area contributed by atoms with Crippen molar-refractivity contribution in [2.24, 2.45) is 0 Å². The number of pyridine rings is 1. The van der Waals surface area contributed by atoms with Crippen molar-refractivity contribution in [1.29, 1.82) is 0 Å². The molecule has 0 amide bonds. The molecule has 1 aliphatic carbocycles. The largest absolute Gasteiger partial charge is 0.381 e. The number of benzene rings is 1. The Morgan fingerprint density at radius 3 is 2.75 bits per heavy atom. The molecule has 1 aromatic heterocycles. The molecule has 4 rings (SSSR count). The van der Waals surface area contributed by atoms with Gasteiger partial charge in [-0.3, -0.25) is 4.98 Å². The second-order valence-electron chi connectivity index (χ2n) is 8.37. The summed E-state index contributed by atoms with van der Waals surface area (Å²) in [6.07, 6.45) is 10.3. The van der Waals surface area contributed by atoms with Crippen LogP contribution in [0.2, 0.25) is 5.02 Å². The predicted molar refractivity (Wildman–Crippen MR) is 115 cm³/mol. The van der Waals surface area contributed by atoms with Crippen LogP contribution in [0.5, 0.6) is 0 Å². The Hall–Kier alpha value is -1.42. The Bertz CT molecular complexity index is 724. The lowest BCUT2D eigenvalue weighted by Crippen LogP contribution is -2.34. The highest BCUT2D eigenvalue weighted by Crippen LogP contribution is 2.42. The predicted octanol–water partition coefficient (Wildman–Crippen LogP) is 5.49. The molecule has 2 aromatic rings. The maximum Gasteiger partial charge on any atom is 0.0475 e. The number of nitrogens with one attached hydrogen (secondary N) is 1. The quantitative estimate of drug-likeness (QED) is 0.698. The highest BCUT2D eigenvalue weighted by Gasteiger charge is 2.39. The topological polar surface area (TPSA) is 34.2 Å². The zero-order valence-corrected chi connectivity index (χ0v) is 17.3. The highest BCUT2D eigenvalue weighted by molar-refractivity contribution is 6.30. The maximum absolute atomic E-state index is 6.02. The van der Waals surface area contributed by atoms with Crippen LogP contribution in [-0.2, 0) is 10.2 Å². The van der Waals surface area contributed by atoms with E-state index in [0.29, 0.717) is 12.0 Å². The summed E-state index contributed by atoms with van der Waals surface area (Å²) in [5.41, 5.74) is 2.77. The Balaban J connectivity index is 1.38. The Morgan fingerprint density at radius 1 is 1.04 bits per heavy atom. The highest BCUT2D eigenvalue weighted by atomic mass is 35.5. The molecule has 28 heavy (non-hydrogen) atoms. The molecular formula is C24H31ClN2O. The number of nitrogens with zero attached hydrogens (tertiary/aromatic N) is 1. The lowest BCUT2D eigenvalue weighted by molar-refractivity contribution is 0.113. The summed E-state index contributed by atoms with van der Waals surface area (Å²) in [6, 6.07) is 15.3. The first kappa shape index (κ1) is 19.9. The van der Waals surface area contributed by atoms with Crippen molar-refractivity contribution >= 4 is 11.6 Å². The van der Waals surface area contributed by atoms with Gasteiger partial charge in [0.2, 0.25) is 0 Å². The van der Waals surface area contributed by atoms with Crippen LogP contribution in [0.3, 0.4) is 0 Å². The van der Waals surface area contributed by atoms with E-state index in [-0.39, 0.29) is 5.41 Å². The van der Waals surface area contributed by atoms with E-state index in [4.69, 9.17) is 21.3 Å². The summed E-state index contributed by atoms with van der Waals surface area (Å²) in [7, 11) is 0. The molecule has 1 aromatic carbocycles. The van der Waals surface area contributed by atoms with Gasteiger partial charge in [0.15, 0.2) is 0 Å². The molecule has 150 valence electrons. The van der Waals surface area contributed by atoms with Gasteiger partial charge in [0.1, 0.15) is 0 Å². The molecule has 0 spiro atoms. The van der Waals surface area contributed by atoms with Crippen LogP contribution < -0.4 is 5.32 Å². The first-order valence-corrected chi connectivity index (χ1v) is 11.1. The van der Waals surface area contributed by atoms with E-state index in [9.17, 15) is 0 Å². The minimum atomic E-state index is 0.128. The molecule has 2 fully saturated rings. The fraction of sp³-hybridized carbons (Fsp3) is 0.542. The number of halogens is 1. The van der Waals surface area contributed by atoms with E-state index in [1.54, 1.807) is 0 Å². The van der Waals surface area contributed by atoms with Gasteiger partial charge in [-0.05, 0) is 68.5 Å². The average Bonchev–Trinajstić information content (AvgIpc) is 3.47. The van der Waals surface area contributed by atoms with Crippen molar-refractivity contribution < 1.29 is 4.74 Å². The molecule has 1 saturated carbocycles. The number of hydrogen-bond acceptors (Lipinski definition) is 3. The molecule has 3 unspecified atom stereocenters. The molecule has 3 nitrogen and oxygen atoms in total. The summed E-state index contributed by atoms with van der Waals surface area (Å²) in [4.78, 5) is 4.77. The second kappa shape index (κ2) is 9.39. The van der Waals surface area contributed by atoms with Gasteiger partial charge >= 0.3 is 0 Å². The van der Waals surface area contributed by atoms with Crippen LogP contribution in [-0.4, -0.2) is 30.8 Å². The Labute approximate surface area is 173 Å². The lowest BCUT2D eigenvalue weighted by Gasteiger charge is -2.33. The molecule has 1 N–H and O–H groups in total. The monoisotopic (exact) mass is 398 g/mol. The molecule has 2 aliphatic rings. The summed E-state index contributed by atoms with van der Waals surface area (Å²) in [6.45, 7) is 2.78. The van der Waals surface area contributed by atoms with Crippen LogP contribution in [0.25, 0.3) is 0 Å². The third kappa shape index (κ3) is 4.94. The number of hydrogen-bond donors (Lipinski definition) is 1. The molecular weight excluding hydrogens is 368 g/mol. The van der Waals surface area contributed by atoms with Crippen molar-refractivity contribution in [2.75, 3.05) is 19.8 Å². The van der Waals surface area contributed by atoms with E-state index in [0.717, 1.165) is 37.6 Å². The number of rotatable bonds is 6. The zero-order valence-electron chi connectivity index (χ0n) is 16.6. The first-order valence-electron chi connectivity index (χ1n) is 10.7. The summed E-state index contributed by atoms with van der Waals surface area (Å²) in [5.74, 6) is 0.631. The normalized spacial score (nSPS) is 28.2. The second-order valence-corrected chi connectivity index (χ2v) is 8.81. The van der Waals surface area contributed by atoms with Gasteiger partial charge in [-0.15, -0.1) is 0 Å². The van der Waals surface area contributed by atoms with Crippen LogP contribution in [0.4, 0.5) is 0 Å². The van der Waals surface area contributed by atoms with Gasteiger partial charge in [-0.1, -0.05) is 42.6 Å². The van der Waals surface area contributed by atoms with Crippen LogP contribution in [0.15, 0.2) is 48.7 Å². The summed E-state index contributed by atoms with van der Waals surface area (Å²) >= 11 is 6.02. The lowest BCUT2D eigenvalue weighted by atomic mass is 9.74. The van der Waals surface area contributed by atoms with E-state index in [2.05, 4.69) is 29.6 Å². The first-order chi connectivity index (χ1) is 13.8. The molecule has 3 atom stereocenters. The van der Waals surface area contributed by atoms with Gasteiger partial charge in [0.05, 0.1) is 0 Å². The van der Waals surface area contributed by atoms with Crippen molar-refractivity contribution in [1.82, 2.24) is 10.3 Å². The fourth-order valence-electron chi connectivity index (χ4n) is 4.65. The molecule has 0 bridgehead atoms. The SMILES string of the molecule is Clc1ccc(C2CC2NCCC2(c3ccccn3)CCCCCOCC2)cc1. The standard InChI is InChI=1S/C24H31ClN2O/c25-20-9-7-19(8-10-20)21-18-22(21)26-15-12-24(23-6-2-4-14-27-23)11-3-1-5-16-28-17-13-24/h2,4,6-10,14,21-22,26H,1,3,5,11-13,15-18H2. The van der Waals surface area contributed by atoms with Crippen molar-refractivity contribution in [2.45, 2.75) is 62.3 Å². The third-order valence-electron chi connectivity index (χ3n) is 6.48. The third-order valence-corrected chi connectivity index (χ3v) is 6.73. The van der Waals surface area contributed by atoms with Crippen LogP contribution in [0, 0.1) is 0 Å². The van der Waals surface area contributed by atoms with Crippen LogP contribution in [0.1, 0.15) is 62.1 Å².